The summed E-state index contributed by atoms with van der Waals surface area (Å²) in [4.78, 5) is 18.0. The summed E-state index contributed by atoms with van der Waals surface area (Å²) in [6.07, 6.45) is 2.43. The fourth-order valence-electron chi connectivity index (χ4n) is 3.81. The summed E-state index contributed by atoms with van der Waals surface area (Å²) < 4.78 is 18.8. The molecule has 1 aliphatic rings. The molecule has 1 atom stereocenters. The van der Waals surface area contributed by atoms with Gasteiger partial charge in [0.05, 0.1) is 22.1 Å². The highest BCUT2D eigenvalue weighted by molar-refractivity contribution is 9.10. The summed E-state index contributed by atoms with van der Waals surface area (Å²) in [5, 5.41) is 5.44. The van der Waals surface area contributed by atoms with Gasteiger partial charge in [-0.25, -0.2) is 4.98 Å². The second-order valence-corrected chi connectivity index (χ2v) is 9.79. The van der Waals surface area contributed by atoms with Gasteiger partial charge < -0.3 is 14.2 Å². The van der Waals surface area contributed by atoms with Crippen LogP contribution < -0.4 is 19.8 Å². The van der Waals surface area contributed by atoms with Crippen LogP contribution in [-0.4, -0.2) is 22.7 Å². The second kappa shape index (κ2) is 10.3. The monoisotopic (exact) mass is 567 g/mol. The average Bonchev–Trinajstić information content (AvgIpc) is 3.35. The van der Waals surface area contributed by atoms with Crippen molar-refractivity contribution in [3.8, 4) is 17.2 Å². The zero-order valence-electron chi connectivity index (χ0n) is 19.7. The van der Waals surface area contributed by atoms with Crippen LogP contribution in [0.15, 0.2) is 69.0 Å². The number of fused-ring (bicyclic) bond motifs is 2. The van der Waals surface area contributed by atoms with Crippen LogP contribution in [0.3, 0.4) is 0 Å². The molecule has 1 aromatic heterocycles. The van der Waals surface area contributed by atoms with Crippen molar-refractivity contribution in [3.63, 3.8) is 0 Å². The number of rotatable bonds is 7. The van der Waals surface area contributed by atoms with Crippen LogP contribution in [0.2, 0.25) is 5.02 Å². The van der Waals surface area contributed by atoms with E-state index in [9.17, 15) is 4.79 Å². The van der Waals surface area contributed by atoms with Crippen LogP contribution >= 0.6 is 27.5 Å². The first-order valence-corrected chi connectivity index (χ1v) is 12.7. The third kappa shape index (κ3) is 4.96. The predicted octanol–water partition coefficient (Wildman–Crippen LogP) is 6.52. The van der Waals surface area contributed by atoms with E-state index in [0.717, 1.165) is 27.8 Å². The quantitative estimate of drug-likeness (QED) is 0.237. The summed E-state index contributed by atoms with van der Waals surface area (Å²) in [5.41, 5.74) is 2.10. The van der Waals surface area contributed by atoms with Crippen LogP contribution in [-0.2, 0) is 6.61 Å². The van der Waals surface area contributed by atoms with Gasteiger partial charge in [0.25, 0.3) is 5.56 Å². The molecular formula is C27H23BrClN3O4. The van der Waals surface area contributed by atoms with Crippen molar-refractivity contribution in [2.45, 2.75) is 32.8 Å². The molecule has 0 unspecified atom stereocenters. The van der Waals surface area contributed by atoms with Gasteiger partial charge in [0, 0.05) is 10.4 Å². The highest BCUT2D eigenvalue weighted by atomic mass is 79.9. The van der Waals surface area contributed by atoms with Gasteiger partial charge in [0.1, 0.15) is 18.2 Å². The highest BCUT2D eigenvalue weighted by Crippen LogP contribution is 2.33. The smallest absolute Gasteiger partial charge is 0.282 e. The van der Waals surface area contributed by atoms with Gasteiger partial charge in [-0.2, -0.15) is 9.78 Å². The van der Waals surface area contributed by atoms with Crippen molar-refractivity contribution in [1.29, 1.82) is 0 Å². The second-order valence-electron chi connectivity index (χ2n) is 8.47. The molecule has 1 aliphatic heterocycles. The maximum absolute atomic E-state index is 13.3. The van der Waals surface area contributed by atoms with E-state index < -0.39 is 0 Å². The van der Waals surface area contributed by atoms with Crippen molar-refractivity contribution >= 4 is 44.6 Å². The van der Waals surface area contributed by atoms with Gasteiger partial charge in [-0.1, -0.05) is 47.4 Å². The Labute approximate surface area is 221 Å². The van der Waals surface area contributed by atoms with Gasteiger partial charge in [0.15, 0.2) is 11.5 Å². The average molecular weight is 569 g/mol. The topological polar surface area (TPSA) is 74.9 Å². The molecule has 0 amide bonds. The fraction of sp³-hybridized carbons (Fsp3) is 0.222. The lowest BCUT2D eigenvalue weighted by Gasteiger charge is -2.14. The number of benzene rings is 3. The fourth-order valence-corrected chi connectivity index (χ4v) is 4.41. The standard InChI is InChI=1S/C27H23BrClN3O4/c1-3-16(2)26-31-22-7-6-19(28)12-20(22)27(33)32(26)30-13-17-4-8-23(21(29)10-17)34-14-18-5-9-24-25(11-18)36-15-35-24/h4-13,16H,3,14-15H2,1-2H3/t16-/m1/s1. The minimum absolute atomic E-state index is 0.0541. The molecule has 9 heteroatoms. The van der Waals surface area contributed by atoms with E-state index in [1.54, 1.807) is 24.4 Å². The zero-order chi connectivity index (χ0) is 25.2. The Kier molecular flexibility index (Phi) is 6.98. The van der Waals surface area contributed by atoms with Crippen LogP contribution in [0.4, 0.5) is 0 Å². The number of nitrogens with zero attached hydrogens (tertiary/aromatic N) is 3. The molecule has 0 aliphatic carbocycles. The van der Waals surface area contributed by atoms with Crippen LogP contribution in [0.5, 0.6) is 17.2 Å². The molecule has 36 heavy (non-hydrogen) atoms. The van der Waals surface area contributed by atoms with Crippen molar-refractivity contribution < 1.29 is 14.2 Å². The summed E-state index contributed by atoms with van der Waals surface area (Å²) in [7, 11) is 0. The molecule has 0 saturated carbocycles. The van der Waals surface area contributed by atoms with Gasteiger partial charge >= 0.3 is 0 Å². The molecule has 0 radical (unpaired) electrons. The van der Waals surface area contributed by atoms with E-state index >= 15 is 0 Å². The summed E-state index contributed by atoms with van der Waals surface area (Å²) >= 11 is 9.92. The van der Waals surface area contributed by atoms with Crippen LogP contribution in [0.1, 0.15) is 43.1 Å². The van der Waals surface area contributed by atoms with Gasteiger partial charge in [-0.05, 0) is 66.1 Å². The maximum Gasteiger partial charge on any atom is 0.282 e. The lowest BCUT2D eigenvalue weighted by Crippen LogP contribution is -2.23. The van der Waals surface area contributed by atoms with E-state index in [1.807, 2.05) is 43.3 Å². The van der Waals surface area contributed by atoms with Gasteiger partial charge in [-0.3, -0.25) is 4.79 Å². The Bertz CT molecular complexity index is 1540. The van der Waals surface area contributed by atoms with Crippen LogP contribution in [0, 0.1) is 0 Å². The number of halogens is 2. The minimum Gasteiger partial charge on any atom is -0.487 e. The largest absolute Gasteiger partial charge is 0.487 e. The normalized spacial score (nSPS) is 13.4. The molecule has 0 N–H and O–H groups in total. The molecule has 4 aromatic rings. The van der Waals surface area contributed by atoms with Crippen molar-refractivity contribution in [2.75, 3.05) is 6.79 Å². The third-order valence-corrected chi connectivity index (χ3v) is 6.78. The summed E-state index contributed by atoms with van der Waals surface area (Å²) in [5.74, 6) is 2.64. The van der Waals surface area contributed by atoms with Gasteiger partial charge in [-0.15, -0.1) is 0 Å². The first kappa shape index (κ1) is 24.3. The molecule has 5 rings (SSSR count). The van der Waals surface area contributed by atoms with E-state index in [0.29, 0.717) is 39.9 Å². The highest BCUT2D eigenvalue weighted by Gasteiger charge is 2.16. The van der Waals surface area contributed by atoms with Gasteiger partial charge in [0.2, 0.25) is 6.79 Å². The Morgan fingerprint density at radius 2 is 2.00 bits per heavy atom. The van der Waals surface area contributed by atoms with E-state index in [1.165, 1.54) is 4.68 Å². The molecular weight excluding hydrogens is 546 g/mol. The number of hydrogen-bond donors (Lipinski definition) is 0. The number of aromatic nitrogens is 2. The van der Waals surface area contributed by atoms with Crippen LogP contribution in [0.25, 0.3) is 10.9 Å². The molecule has 3 aromatic carbocycles. The number of hydrogen-bond acceptors (Lipinski definition) is 6. The summed E-state index contributed by atoms with van der Waals surface area (Å²) in [6, 6.07) is 16.5. The number of ether oxygens (including phenoxy) is 3. The molecule has 0 bridgehead atoms. The molecule has 0 saturated heterocycles. The third-order valence-electron chi connectivity index (χ3n) is 6.00. The Balaban J connectivity index is 1.39. The molecule has 7 nitrogen and oxygen atoms in total. The molecule has 0 fully saturated rings. The van der Waals surface area contributed by atoms with E-state index in [2.05, 4.69) is 28.0 Å². The maximum atomic E-state index is 13.3. The first-order chi connectivity index (χ1) is 17.4. The Morgan fingerprint density at radius 1 is 1.17 bits per heavy atom. The first-order valence-electron chi connectivity index (χ1n) is 11.5. The predicted molar refractivity (Wildman–Crippen MR) is 144 cm³/mol. The Morgan fingerprint density at radius 3 is 2.81 bits per heavy atom. The van der Waals surface area contributed by atoms with Crippen molar-refractivity contribution in [3.05, 3.63) is 91.4 Å². The molecule has 184 valence electrons. The van der Waals surface area contributed by atoms with Crippen molar-refractivity contribution in [1.82, 2.24) is 9.66 Å². The molecule has 0 spiro atoms. The minimum atomic E-state index is -0.220. The molecule has 2 heterocycles. The van der Waals surface area contributed by atoms with Crippen molar-refractivity contribution in [2.24, 2.45) is 5.10 Å². The lowest BCUT2D eigenvalue weighted by atomic mass is 10.1. The Hall–Kier alpha value is -3.36. The summed E-state index contributed by atoms with van der Waals surface area (Å²) in [6.45, 7) is 4.64. The van der Waals surface area contributed by atoms with E-state index in [4.69, 9.17) is 30.8 Å². The SMILES string of the molecule is CC[C@@H](C)c1nc2ccc(Br)cc2c(=O)n1N=Cc1ccc(OCc2ccc3c(c2)OCO3)c(Cl)c1. The van der Waals surface area contributed by atoms with E-state index in [-0.39, 0.29) is 18.3 Å². The lowest BCUT2D eigenvalue weighted by molar-refractivity contribution is 0.174. The zero-order valence-corrected chi connectivity index (χ0v) is 22.0.